The number of rotatable bonds is 5. The van der Waals surface area contributed by atoms with Gasteiger partial charge in [0, 0.05) is 30.4 Å². The number of halogens is 1. The van der Waals surface area contributed by atoms with E-state index in [0.29, 0.717) is 31.6 Å². The SMILES string of the molecule is O=C(O)c1ccc(CC(=O)N2CCc3c(n(Cc4cccc(F)c4)c4ncccc34)C2)cc1O. The van der Waals surface area contributed by atoms with Crippen molar-refractivity contribution >= 4 is 22.9 Å². The summed E-state index contributed by atoms with van der Waals surface area (Å²) in [6, 6.07) is 14.5. The van der Waals surface area contributed by atoms with Crippen LogP contribution in [0.5, 0.6) is 5.75 Å². The zero-order valence-corrected chi connectivity index (χ0v) is 18.2. The molecular weight excluding hydrogens is 437 g/mol. The van der Waals surface area contributed by atoms with E-state index in [-0.39, 0.29) is 29.5 Å². The van der Waals surface area contributed by atoms with Crippen LogP contribution in [0.3, 0.4) is 0 Å². The average molecular weight is 459 g/mol. The van der Waals surface area contributed by atoms with Gasteiger partial charge in [-0.05, 0) is 59.5 Å². The number of aromatic nitrogens is 2. The van der Waals surface area contributed by atoms with Gasteiger partial charge in [-0.25, -0.2) is 14.2 Å². The highest BCUT2D eigenvalue weighted by atomic mass is 19.1. The monoisotopic (exact) mass is 459 g/mol. The van der Waals surface area contributed by atoms with Gasteiger partial charge in [-0.1, -0.05) is 18.2 Å². The number of pyridine rings is 1. The van der Waals surface area contributed by atoms with Crippen molar-refractivity contribution in [2.24, 2.45) is 0 Å². The Labute approximate surface area is 194 Å². The van der Waals surface area contributed by atoms with Crippen molar-refractivity contribution in [2.75, 3.05) is 6.54 Å². The van der Waals surface area contributed by atoms with Crippen molar-refractivity contribution in [3.8, 4) is 5.75 Å². The summed E-state index contributed by atoms with van der Waals surface area (Å²) in [4.78, 5) is 30.5. The van der Waals surface area contributed by atoms with Gasteiger partial charge in [-0.15, -0.1) is 0 Å². The molecule has 0 aliphatic carbocycles. The quantitative estimate of drug-likeness (QED) is 0.474. The Morgan fingerprint density at radius 3 is 2.68 bits per heavy atom. The second kappa shape index (κ2) is 8.62. The Bertz CT molecular complexity index is 1430. The van der Waals surface area contributed by atoms with Crippen molar-refractivity contribution < 1.29 is 24.2 Å². The van der Waals surface area contributed by atoms with E-state index in [1.54, 1.807) is 23.2 Å². The molecule has 172 valence electrons. The van der Waals surface area contributed by atoms with Crippen molar-refractivity contribution in [2.45, 2.75) is 25.9 Å². The van der Waals surface area contributed by atoms with Crippen LogP contribution in [0.2, 0.25) is 0 Å². The Hall–Kier alpha value is -4.20. The van der Waals surface area contributed by atoms with Crippen LogP contribution in [0.1, 0.15) is 32.7 Å². The summed E-state index contributed by atoms with van der Waals surface area (Å²) in [6.45, 7) is 1.37. The van der Waals surface area contributed by atoms with E-state index in [1.807, 2.05) is 22.8 Å². The molecule has 3 heterocycles. The molecule has 0 bridgehead atoms. The molecule has 1 amide bonds. The first kappa shape index (κ1) is 21.6. The number of fused-ring (bicyclic) bond motifs is 3. The molecular formula is C26H22FN3O4. The molecule has 0 fully saturated rings. The van der Waals surface area contributed by atoms with Crippen LogP contribution in [-0.2, 0) is 30.7 Å². The van der Waals surface area contributed by atoms with Gasteiger partial charge in [0.1, 0.15) is 22.8 Å². The predicted octanol–water partition coefficient (Wildman–Crippen LogP) is 3.75. The number of nitrogens with zero attached hydrogens (tertiary/aromatic N) is 3. The number of carboxylic acid groups (broad SMARTS) is 1. The minimum atomic E-state index is -1.22. The third-order valence-electron chi connectivity index (χ3n) is 6.24. The number of amides is 1. The normalized spacial score (nSPS) is 13.1. The number of hydrogen-bond acceptors (Lipinski definition) is 4. The van der Waals surface area contributed by atoms with E-state index in [9.17, 15) is 19.1 Å². The van der Waals surface area contributed by atoms with E-state index >= 15 is 0 Å². The van der Waals surface area contributed by atoms with Crippen LogP contribution in [0.15, 0.2) is 60.8 Å². The highest BCUT2D eigenvalue weighted by molar-refractivity contribution is 5.91. The van der Waals surface area contributed by atoms with Gasteiger partial charge in [0.25, 0.3) is 0 Å². The minimum absolute atomic E-state index is 0.0468. The number of carbonyl (C=O) groups excluding carboxylic acids is 1. The fourth-order valence-electron chi connectivity index (χ4n) is 4.62. The number of aromatic hydroxyl groups is 1. The second-order valence-corrected chi connectivity index (χ2v) is 8.41. The van der Waals surface area contributed by atoms with Crippen molar-refractivity contribution in [1.82, 2.24) is 14.5 Å². The Kier molecular flexibility index (Phi) is 5.49. The summed E-state index contributed by atoms with van der Waals surface area (Å²) < 4.78 is 15.8. The first-order valence-corrected chi connectivity index (χ1v) is 10.9. The molecule has 4 aromatic rings. The lowest BCUT2D eigenvalue weighted by molar-refractivity contribution is -0.131. The predicted molar refractivity (Wildman–Crippen MR) is 123 cm³/mol. The number of benzene rings is 2. The highest BCUT2D eigenvalue weighted by Gasteiger charge is 2.27. The zero-order chi connectivity index (χ0) is 23.8. The van der Waals surface area contributed by atoms with Crippen LogP contribution < -0.4 is 0 Å². The third-order valence-corrected chi connectivity index (χ3v) is 6.24. The summed E-state index contributed by atoms with van der Waals surface area (Å²) in [7, 11) is 0. The van der Waals surface area contributed by atoms with Crippen molar-refractivity contribution in [1.29, 1.82) is 0 Å². The topological polar surface area (TPSA) is 95.7 Å². The molecule has 5 rings (SSSR count). The molecule has 0 atom stereocenters. The first-order valence-electron chi connectivity index (χ1n) is 10.9. The molecule has 0 saturated carbocycles. The summed E-state index contributed by atoms with van der Waals surface area (Å²) in [5.41, 5.74) is 4.07. The standard InChI is InChI=1S/C26H22FN3O4/c27-18-4-1-3-17(11-18)14-30-22-15-29(10-8-19(22)20-5-2-9-28-25(20)30)24(32)13-16-6-7-21(26(33)34)23(31)12-16/h1-7,9,11-12,31H,8,10,13-15H2,(H,33,34). The summed E-state index contributed by atoms with van der Waals surface area (Å²) in [5, 5.41) is 20.1. The van der Waals surface area contributed by atoms with Crippen molar-refractivity contribution in [3.05, 3.63) is 94.6 Å². The van der Waals surface area contributed by atoms with E-state index in [4.69, 9.17) is 5.11 Å². The molecule has 1 aliphatic heterocycles. The Balaban J connectivity index is 1.43. The molecule has 2 aromatic carbocycles. The van der Waals surface area contributed by atoms with E-state index in [0.717, 1.165) is 27.9 Å². The fraction of sp³-hybridized carbons (Fsp3) is 0.192. The van der Waals surface area contributed by atoms with Gasteiger partial charge in [-0.2, -0.15) is 0 Å². The van der Waals surface area contributed by atoms with Gasteiger partial charge in [0.15, 0.2) is 0 Å². The summed E-state index contributed by atoms with van der Waals surface area (Å²) in [6.07, 6.45) is 2.44. The fourth-order valence-corrected chi connectivity index (χ4v) is 4.62. The number of phenols is 1. The number of carbonyl (C=O) groups is 2. The van der Waals surface area contributed by atoms with E-state index in [2.05, 4.69) is 4.98 Å². The number of carboxylic acids is 1. The van der Waals surface area contributed by atoms with E-state index in [1.165, 1.54) is 24.3 Å². The molecule has 0 unspecified atom stereocenters. The number of aromatic carboxylic acids is 1. The van der Waals surface area contributed by atoms with Crippen LogP contribution in [0.4, 0.5) is 4.39 Å². The molecule has 34 heavy (non-hydrogen) atoms. The lowest BCUT2D eigenvalue weighted by Crippen LogP contribution is -2.37. The summed E-state index contributed by atoms with van der Waals surface area (Å²) >= 11 is 0. The Morgan fingerprint density at radius 2 is 1.91 bits per heavy atom. The van der Waals surface area contributed by atoms with E-state index < -0.39 is 5.97 Å². The molecule has 0 spiro atoms. The van der Waals surface area contributed by atoms with Crippen LogP contribution >= 0.6 is 0 Å². The lowest BCUT2D eigenvalue weighted by Gasteiger charge is -2.29. The van der Waals surface area contributed by atoms with Gasteiger partial charge in [-0.3, -0.25) is 4.79 Å². The van der Waals surface area contributed by atoms with Gasteiger partial charge < -0.3 is 19.7 Å². The third kappa shape index (κ3) is 3.98. The van der Waals surface area contributed by atoms with Gasteiger partial charge in [0.05, 0.1) is 13.0 Å². The highest BCUT2D eigenvalue weighted by Crippen LogP contribution is 2.31. The maximum Gasteiger partial charge on any atom is 0.339 e. The zero-order valence-electron chi connectivity index (χ0n) is 18.2. The molecule has 0 saturated heterocycles. The molecule has 8 heteroatoms. The smallest absolute Gasteiger partial charge is 0.339 e. The van der Waals surface area contributed by atoms with Crippen LogP contribution in [-0.4, -0.2) is 43.1 Å². The molecule has 0 radical (unpaired) electrons. The average Bonchev–Trinajstić information content (AvgIpc) is 3.12. The first-order chi connectivity index (χ1) is 16.4. The van der Waals surface area contributed by atoms with Crippen LogP contribution in [0, 0.1) is 5.82 Å². The molecule has 2 aromatic heterocycles. The second-order valence-electron chi connectivity index (χ2n) is 8.41. The maximum absolute atomic E-state index is 13.8. The minimum Gasteiger partial charge on any atom is -0.507 e. The lowest BCUT2D eigenvalue weighted by atomic mass is 10.0. The largest absolute Gasteiger partial charge is 0.507 e. The van der Waals surface area contributed by atoms with Gasteiger partial charge >= 0.3 is 5.97 Å². The molecule has 2 N–H and O–H groups in total. The maximum atomic E-state index is 13.8. The molecule has 7 nitrogen and oxygen atoms in total. The Morgan fingerprint density at radius 1 is 1.06 bits per heavy atom. The summed E-state index contributed by atoms with van der Waals surface area (Å²) in [5.74, 6) is -2.01. The van der Waals surface area contributed by atoms with Crippen molar-refractivity contribution in [3.63, 3.8) is 0 Å². The molecule has 1 aliphatic rings. The number of hydrogen-bond donors (Lipinski definition) is 2. The van der Waals surface area contributed by atoms with Gasteiger partial charge in [0.2, 0.25) is 5.91 Å². The van der Waals surface area contributed by atoms with Crippen LogP contribution in [0.25, 0.3) is 11.0 Å².